The maximum absolute atomic E-state index is 12.1. The number of hydrogen-bond acceptors (Lipinski definition) is 2. The number of benzene rings is 1. The molecule has 1 saturated heterocycles. The molecule has 106 valence electrons. The van der Waals surface area contributed by atoms with Crippen molar-refractivity contribution in [3.63, 3.8) is 0 Å². The van der Waals surface area contributed by atoms with Gasteiger partial charge in [-0.3, -0.25) is 4.79 Å². The van der Waals surface area contributed by atoms with Crippen molar-refractivity contribution in [1.29, 1.82) is 0 Å². The second-order valence-corrected chi connectivity index (χ2v) is 5.22. The van der Waals surface area contributed by atoms with Crippen LogP contribution in [0, 0.1) is 19.8 Å². The van der Waals surface area contributed by atoms with Gasteiger partial charge in [-0.25, -0.2) is 0 Å². The Morgan fingerprint density at radius 1 is 1.42 bits per heavy atom. The highest BCUT2D eigenvalue weighted by Crippen LogP contribution is 2.12. The van der Waals surface area contributed by atoms with Crippen molar-refractivity contribution >= 4 is 18.3 Å². The molecule has 2 rings (SSSR count). The molecule has 0 aromatic heterocycles. The second-order valence-electron chi connectivity index (χ2n) is 5.22. The predicted molar refractivity (Wildman–Crippen MR) is 81.1 cm³/mol. The number of hydrogen-bond donors (Lipinski definition) is 2. The van der Waals surface area contributed by atoms with Crippen molar-refractivity contribution in [3.05, 3.63) is 34.9 Å². The van der Waals surface area contributed by atoms with Crippen LogP contribution >= 0.6 is 12.4 Å². The lowest BCUT2D eigenvalue weighted by Crippen LogP contribution is -2.27. The van der Waals surface area contributed by atoms with Crippen molar-refractivity contribution in [2.75, 3.05) is 19.6 Å². The highest BCUT2D eigenvalue weighted by molar-refractivity contribution is 5.95. The summed E-state index contributed by atoms with van der Waals surface area (Å²) in [6.45, 7) is 6.99. The van der Waals surface area contributed by atoms with Crippen LogP contribution in [0.25, 0.3) is 0 Å². The molecule has 1 aliphatic rings. The predicted octanol–water partition coefficient (Wildman–Crippen LogP) is 2.45. The van der Waals surface area contributed by atoms with Gasteiger partial charge < -0.3 is 10.6 Å². The van der Waals surface area contributed by atoms with Crippen LogP contribution in [0.2, 0.25) is 0 Å². The molecule has 1 aromatic carbocycles. The van der Waals surface area contributed by atoms with Gasteiger partial charge in [0.15, 0.2) is 0 Å². The average molecular weight is 283 g/mol. The lowest BCUT2D eigenvalue weighted by atomic mass is 10.0. The third kappa shape index (κ3) is 4.51. The van der Waals surface area contributed by atoms with Gasteiger partial charge in [0.05, 0.1) is 0 Å². The smallest absolute Gasteiger partial charge is 0.251 e. The molecule has 4 heteroatoms. The van der Waals surface area contributed by atoms with Crippen molar-refractivity contribution in [1.82, 2.24) is 10.6 Å². The number of carbonyl (C=O) groups is 1. The lowest BCUT2D eigenvalue weighted by molar-refractivity contribution is 0.0951. The Hall–Kier alpha value is -1.06. The van der Waals surface area contributed by atoms with Gasteiger partial charge in [-0.1, -0.05) is 17.7 Å². The van der Waals surface area contributed by atoms with Gasteiger partial charge in [0.1, 0.15) is 0 Å². The Bertz CT molecular complexity index is 428. The molecule has 1 amide bonds. The van der Waals surface area contributed by atoms with Crippen LogP contribution in [0.3, 0.4) is 0 Å². The molecule has 1 aliphatic heterocycles. The van der Waals surface area contributed by atoms with E-state index in [1.165, 1.54) is 6.42 Å². The first-order valence-corrected chi connectivity index (χ1v) is 6.73. The summed E-state index contributed by atoms with van der Waals surface area (Å²) in [4.78, 5) is 12.1. The summed E-state index contributed by atoms with van der Waals surface area (Å²) in [5.74, 6) is 0.783. The topological polar surface area (TPSA) is 41.1 Å². The number of halogens is 1. The molecule has 2 N–H and O–H groups in total. The van der Waals surface area contributed by atoms with Crippen LogP contribution in [-0.4, -0.2) is 25.5 Å². The largest absolute Gasteiger partial charge is 0.352 e. The summed E-state index contributed by atoms with van der Waals surface area (Å²) in [5.41, 5.74) is 2.98. The third-order valence-corrected chi connectivity index (χ3v) is 3.64. The minimum absolute atomic E-state index is 0. The Balaban J connectivity index is 0.00000180. The van der Waals surface area contributed by atoms with Crippen molar-refractivity contribution in [3.8, 4) is 0 Å². The molecule has 0 bridgehead atoms. The standard InChI is InChI=1S/C15H22N2O.ClH/c1-11-3-4-12(2)14(9-11)15(18)17-8-6-13-5-7-16-10-13;/h3-4,9,13,16H,5-8,10H2,1-2H3,(H,17,18);1H. The maximum Gasteiger partial charge on any atom is 0.251 e. The number of nitrogens with one attached hydrogen (secondary N) is 2. The molecule has 0 aliphatic carbocycles. The highest BCUT2D eigenvalue weighted by atomic mass is 35.5. The van der Waals surface area contributed by atoms with Gasteiger partial charge in [0, 0.05) is 12.1 Å². The highest BCUT2D eigenvalue weighted by Gasteiger charge is 2.15. The molecule has 1 atom stereocenters. The van der Waals surface area contributed by atoms with E-state index in [4.69, 9.17) is 0 Å². The number of carbonyl (C=O) groups excluding carboxylic acids is 1. The summed E-state index contributed by atoms with van der Waals surface area (Å²) >= 11 is 0. The maximum atomic E-state index is 12.1. The summed E-state index contributed by atoms with van der Waals surface area (Å²) in [6.07, 6.45) is 2.31. The molecule has 19 heavy (non-hydrogen) atoms. The fourth-order valence-electron chi connectivity index (χ4n) is 2.43. The first kappa shape index (κ1) is 16.0. The van der Waals surface area contributed by atoms with E-state index in [1.807, 2.05) is 32.0 Å². The average Bonchev–Trinajstić information content (AvgIpc) is 2.85. The van der Waals surface area contributed by atoms with Crippen LogP contribution in [0.15, 0.2) is 18.2 Å². The van der Waals surface area contributed by atoms with Gasteiger partial charge in [0.25, 0.3) is 5.91 Å². The molecule has 3 nitrogen and oxygen atoms in total. The van der Waals surface area contributed by atoms with Crippen molar-refractivity contribution < 1.29 is 4.79 Å². The molecule has 0 spiro atoms. The SMILES string of the molecule is Cc1ccc(C)c(C(=O)NCCC2CCNC2)c1.Cl. The van der Waals surface area contributed by atoms with Gasteiger partial charge in [-0.05, 0) is 57.3 Å². The van der Waals surface area contributed by atoms with E-state index >= 15 is 0 Å². The van der Waals surface area contributed by atoms with Crippen LogP contribution in [0.1, 0.15) is 34.3 Å². The van der Waals surface area contributed by atoms with E-state index in [0.717, 1.165) is 48.7 Å². The number of aryl methyl sites for hydroxylation is 2. The first-order chi connectivity index (χ1) is 8.66. The van der Waals surface area contributed by atoms with Crippen LogP contribution in [0.5, 0.6) is 0 Å². The lowest BCUT2D eigenvalue weighted by Gasteiger charge is -2.11. The molecule has 1 heterocycles. The minimum Gasteiger partial charge on any atom is -0.352 e. The van der Waals surface area contributed by atoms with E-state index in [9.17, 15) is 4.79 Å². The minimum atomic E-state index is 0. The molecule has 0 radical (unpaired) electrons. The van der Waals surface area contributed by atoms with Crippen LogP contribution in [0.4, 0.5) is 0 Å². The Morgan fingerprint density at radius 2 is 2.21 bits per heavy atom. The molecule has 1 aromatic rings. The summed E-state index contributed by atoms with van der Waals surface area (Å²) < 4.78 is 0. The van der Waals surface area contributed by atoms with Crippen molar-refractivity contribution in [2.45, 2.75) is 26.7 Å². The third-order valence-electron chi connectivity index (χ3n) is 3.64. The van der Waals surface area contributed by atoms with E-state index in [1.54, 1.807) is 0 Å². The van der Waals surface area contributed by atoms with Gasteiger partial charge in [-0.2, -0.15) is 0 Å². The summed E-state index contributed by atoms with van der Waals surface area (Å²) in [6, 6.07) is 6.00. The van der Waals surface area contributed by atoms with E-state index in [2.05, 4.69) is 10.6 Å². The Kier molecular flexibility index (Phi) is 6.32. The molecule has 1 fully saturated rings. The fraction of sp³-hybridized carbons (Fsp3) is 0.533. The van der Waals surface area contributed by atoms with E-state index < -0.39 is 0 Å². The van der Waals surface area contributed by atoms with Gasteiger partial charge >= 0.3 is 0 Å². The van der Waals surface area contributed by atoms with Crippen molar-refractivity contribution in [2.24, 2.45) is 5.92 Å². The molecule has 1 unspecified atom stereocenters. The van der Waals surface area contributed by atoms with Gasteiger partial charge in [-0.15, -0.1) is 12.4 Å². The fourth-order valence-corrected chi connectivity index (χ4v) is 2.43. The second kappa shape index (κ2) is 7.51. The quantitative estimate of drug-likeness (QED) is 0.891. The normalized spacial score (nSPS) is 17.9. The van der Waals surface area contributed by atoms with Gasteiger partial charge in [0.2, 0.25) is 0 Å². The first-order valence-electron chi connectivity index (χ1n) is 6.73. The Labute approximate surface area is 121 Å². The van der Waals surface area contributed by atoms with E-state index in [-0.39, 0.29) is 18.3 Å². The monoisotopic (exact) mass is 282 g/mol. The zero-order chi connectivity index (χ0) is 13.0. The summed E-state index contributed by atoms with van der Waals surface area (Å²) in [5, 5.41) is 6.37. The van der Waals surface area contributed by atoms with Crippen LogP contribution in [-0.2, 0) is 0 Å². The zero-order valence-electron chi connectivity index (χ0n) is 11.7. The molecular formula is C15H23ClN2O. The Morgan fingerprint density at radius 3 is 2.89 bits per heavy atom. The molecule has 0 saturated carbocycles. The molecular weight excluding hydrogens is 260 g/mol. The summed E-state index contributed by atoms with van der Waals surface area (Å²) in [7, 11) is 0. The zero-order valence-corrected chi connectivity index (χ0v) is 12.5. The van der Waals surface area contributed by atoms with Crippen LogP contribution < -0.4 is 10.6 Å². The van der Waals surface area contributed by atoms with E-state index in [0.29, 0.717) is 0 Å². The number of rotatable bonds is 4. The number of amides is 1.